The third kappa shape index (κ3) is 8.74. The number of fused-ring (bicyclic) bond motifs is 2. The number of aryl methyl sites for hydroxylation is 2. The number of sulfone groups is 1. The molecule has 1 amide bonds. The Morgan fingerprint density at radius 3 is 2.15 bits per heavy atom. The van der Waals surface area contributed by atoms with E-state index in [-0.39, 0.29) is 54.7 Å². The van der Waals surface area contributed by atoms with Gasteiger partial charge in [-0.3, -0.25) is 9.69 Å². The highest BCUT2D eigenvalue weighted by Crippen LogP contribution is 2.41. The van der Waals surface area contributed by atoms with E-state index in [4.69, 9.17) is 5.11 Å². The number of hydrogen-bond acceptors (Lipinski definition) is 11. The van der Waals surface area contributed by atoms with Gasteiger partial charge in [0.2, 0.25) is 5.91 Å². The third-order valence-corrected chi connectivity index (χ3v) is 11.2. The fourth-order valence-corrected chi connectivity index (χ4v) is 7.36. The van der Waals surface area contributed by atoms with Crippen molar-refractivity contribution in [3.63, 3.8) is 0 Å². The monoisotopic (exact) mass is 741 g/mol. The Kier molecular flexibility index (Phi) is 13.1. The SMILES string of the molecule is CCN(CC)C(=O)[C@@H]1C=C2c3cccc4[nH]cc(c34)C[C@H]2N(C)C1.CCS(=O)(=O)CCn1c([N+](=O)[O-])cnc1C.Cc1ncc([N+](=O)[O-])n1CCO. The summed E-state index contributed by atoms with van der Waals surface area (Å²) in [5.41, 5.74) is 5.21. The highest BCUT2D eigenvalue weighted by molar-refractivity contribution is 7.91. The van der Waals surface area contributed by atoms with E-state index in [1.165, 1.54) is 42.9 Å². The van der Waals surface area contributed by atoms with E-state index >= 15 is 0 Å². The molecule has 2 atom stereocenters. The molecule has 0 saturated carbocycles. The van der Waals surface area contributed by atoms with Crippen molar-refractivity contribution in [3.8, 4) is 0 Å². The van der Waals surface area contributed by atoms with Crippen LogP contribution < -0.4 is 0 Å². The molecule has 0 saturated heterocycles. The summed E-state index contributed by atoms with van der Waals surface area (Å²) in [4.78, 5) is 48.0. The number of nitrogens with one attached hydrogen (secondary N) is 1. The van der Waals surface area contributed by atoms with Crippen LogP contribution in [0.1, 0.15) is 43.5 Å². The minimum absolute atomic E-state index is 0.0363. The predicted octanol–water partition coefficient (Wildman–Crippen LogP) is 3.53. The van der Waals surface area contributed by atoms with Gasteiger partial charge in [-0.15, -0.1) is 0 Å². The zero-order valence-electron chi connectivity index (χ0n) is 30.4. The summed E-state index contributed by atoms with van der Waals surface area (Å²) < 4.78 is 25.2. The van der Waals surface area contributed by atoms with Gasteiger partial charge in [-0.2, -0.15) is 0 Å². The number of benzene rings is 1. The number of nitro groups is 2. The summed E-state index contributed by atoms with van der Waals surface area (Å²) in [6.45, 7) is 11.4. The molecule has 6 rings (SSSR count). The number of imidazole rings is 2. The topological polar surface area (TPSA) is 216 Å². The number of carbonyl (C=O) groups is 1. The van der Waals surface area contributed by atoms with Crippen molar-refractivity contribution in [3.05, 3.63) is 85.9 Å². The summed E-state index contributed by atoms with van der Waals surface area (Å²) in [5.74, 6) is 0.858. The zero-order valence-corrected chi connectivity index (χ0v) is 31.2. The lowest BCUT2D eigenvalue weighted by Crippen LogP contribution is -2.47. The second-order valence-corrected chi connectivity index (χ2v) is 15.0. The third-order valence-electron chi connectivity index (χ3n) is 9.49. The molecule has 2 N–H and O–H groups in total. The molecule has 4 aromatic rings. The minimum Gasteiger partial charge on any atom is -0.392 e. The van der Waals surface area contributed by atoms with E-state index < -0.39 is 19.7 Å². The van der Waals surface area contributed by atoms with E-state index in [0.717, 1.165) is 32.3 Å². The minimum atomic E-state index is -3.13. The van der Waals surface area contributed by atoms with Gasteiger partial charge in [-0.05, 0) is 59.9 Å². The van der Waals surface area contributed by atoms with Crippen molar-refractivity contribution in [1.82, 2.24) is 33.9 Å². The Bertz CT molecular complexity index is 2050. The van der Waals surface area contributed by atoms with Crippen molar-refractivity contribution < 1.29 is 28.2 Å². The number of hydrogen-bond donors (Lipinski definition) is 2. The number of amides is 1. The number of aromatic amines is 1. The van der Waals surface area contributed by atoms with E-state index in [9.17, 15) is 33.4 Å². The summed E-state index contributed by atoms with van der Waals surface area (Å²) in [7, 11) is -0.975. The lowest BCUT2D eigenvalue weighted by Gasteiger charge is -2.40. The van der Waals surface area contributed by atoms with Gasteiger partial charge >= 0.3 is 11.6 Å². The molecule has 0 spiro atoms. The van der Waals surface area contributed by atoms with Crippen molar-refractivity contribution in [2.75, 3.05) is 44.8 Å². The molecule has 17 nitrogen and oxygen atoms in total. The second-order valence-electron chi connectivity index (χ2n) is 12.5. The van der Waals surface area contributed by atoms with Crippen LogP contribution in [-0.4, -0.2) is 114 Å². The fourth-order valence-electron chi connectivity index (χ4n) is 6.61. The van der Waals surface area contributed by atoms with Crippen LogP contribution in [0.4, 0.5) is 11.6 Å². The highest BCUT2D eigenvalue weighted by atomic mass is 32.2. The lowest BCUT2D eigenvalue weighted by atomic mass is 9.79. The Morgan fingerprint density at radius 2 is 1.62 bits per heavy atom. The second kappa shape index (κ2) is 17.1. The molecule has 0 unspecified atom stereocenters. The fraction of sp³-hybridized carbons (Fsp3) is 0.500. The normalized spacial score (nSPS) is 16.6. The van der Waals surface area contributed by atoms with Crippen LogP contribution in [0.3, 0.4) is 0 Å². The molecule has 2 aliphatic rings. The van der Waals surface area contributed by atoms with Gasteiger partial charge in [-0.1, -0.05) is 25.1 Å². The van der Waals surface area contributed by atoms with E-state index in [2.05, 4.69) is 71.2 Å². The number of likely N-dealkylation sites (N-methyl/N-ethyl adjacent to an activating group) is 1. The zero-order chi connectivity index (χ0) is 38.3. The molecule has 1 aliphatic heterocycles. The smallest absolute Gasteiger partial charge is 0.342 e. The first kappa shape index (κ1) is 39.8. The Hall–Kier alpha value is -4.94. The number of aliphatic hydroxyl groups excluding tert-OH is 1. The molecular weight excluding hydrogens is 694 g/mol. The van der Waals surface area contributed by atoms with E-state index in [0.29, 0.717) is 17.7 Å². The molecule has 18 heteroatoms. The largest absolute Gasteiger partial charge is 0.392 e. The number of rotatable bonds is 11. The van der Waals surface area contributed by atoms with Crippen LogP contribution in [0, 0.1) is 40.0 Å². The number of aliphatic hydroxyl groups is 1. The van der Waals surface area contributed by atoms with Crippen LogP contribution in [-0.2, 0) is 34.1 Å². The summed E-state index contributed by atoms with van der Waals surface area (Å²) in [5, 5.41) is 30.9. The Labute approximate surface area is 302 Å². The molecular formula is C34H47N9O8S. The lowest BCUT2D eigenvalue weighted by molar-refractivity contribution is -0.392. The van der Waals surface area contributed by atoms with Crippen LogP contribution in [0.2, 0.25) is 0 Å². The average Bonchev–Trinajstić information content (AvgIpc) is 3.82. The van der Waals surface area contributed by atoms with Gasteiger partial charge in [0.1, 0.15) is 25.5 Å². The molecule has 3 aromatic heterocycles. The standard InChI is InChI=1S/C20H25N3O.C8H13N3O4S.C6H9N3O3/c1-4-23(5-2)20(24)14-9-16-15-7-6-8-17-19(15)13(11-21-17)10-18(16)22(3)12-14;1-3-16(14,15)5-4-10-7(2)9-6-8(10)11(12)13;1-5-7-4-6(9(11)12)8(5)2-3-10/h6-9,11,14,18,21H,4-5,10,12H2,1-3H3;6H,3-5H2,1-2H3;4,10H,2-3H2,1H3/t14-,18-;;/m1../s1. The van der Waals surface area contributed by atoms with Gasteiger partial charge in [0.05, 0.1) is 18.3 Å². The quantitative estimate of drug-likeness (QED) is 0.167. The first-order valence-corrected chi connectivity index (χ1v) is 18.9. The molecule has 0 bridgehead atoms. The Morgan fingerprint density at radius 1 is 1.02 bits per heavy atom. The van der Waals surface area contributed by atoms with E-state index in [1.807, 2.05) is 4.90 Å². The maximum absolute atomic E-state index is 12.9. The molecule has 52 heavy (non-hydrogen) atoms. The molecule has 282 valence electrons. The van der Waals surface area contributed by atoms with Crippen molar-refractivity contribution in [2.45, 2.75) is 60.2 Å². The number of aromatic nitrogens is 5. The highest BCUT2D eigenvalue weighted by Gasteiger charge is 2.36. The summed E-state index contributed by atoms with van der Waals surface area (Å²) in [6.07, 6.45) is 7.73. The average molecular weight is 742 g/mol. The van der Waals surface area contributed by atoms with Crippen molar-refractivity contribution in [1.29, 1.82) is 0 Å². The van der Waals surface area contributed by atoms with E-state index in [1.54, 1.807) is 20.8 Å². The number of nitrogens with zero attached hydrogens (tertiary/aromatic N) is 8. The molecule has 1 aromatic carbocycles. The van der Waals surface area contributed by atoms with Crippen molar-refractivity contribution in [2.24, 2.45) is 5.92 Å². The van der Waals surface area contributed by atoms with Crippen LogP contribution in [0.5, 0.6) is 0 Å². The first-order chi connectivity index (χ1) is 24.7. The first-order valence-electron chi connectivity index (χ1n) is 17.1. The summed E-state index contributed by atoms with van der Waals surface area (Å²) >= 11 is 0. The number of carbonyl (C=O) groups excluding carboxylic acids is 1. The molecule has 0 radical (unpaired) electrons. The summed E-state index contributed by atoms with van der Waals surface area (Å²) in [6, 6.07) is 6.82. The van der Waals surface area contributed by atoms with Crippen LogP contribution >= 0.6 is 0 Å². The van der Waals surface area contributed by atoms with Gasteiger partial charge < -0.3 is 35.2 Å². The Balaban J connectivity index is 0.000000188. The predicted molar refractivity (Wildman–Crippen MR) is 196 cm³/mol. The maximum atomic E-state index is 12.9. The molecule has 1 aliphatic carbocycles. The number of H-pyrrole nitrogens is 1. The van der Waals surface area contributed by atoms with Gasteiger partial charge in [0, 0.05) is 62.4 Å². The van der Waals surface area contributed by atoms with Crippen LogP contribution in [0.25, 0.3) is 16.5 Å². The van der Waals surface area contributed by atoms with Crippen molar-refractivity contribution >= 4 is 43.9 Å². The van der Waals surface area contributed by atoms with Gasteiger partial charge in [0.25, 0.3) is 0 Å². The van der Waals surface area contributed by atoms with Gasteiger partial charge in [-0.25, -0.2) is 27.5 Å². The van der Waals surface area contributed by atoms with Gasteiger partial charge in [0.15, 0.2) is 21.5 Å². The molecule has 4 heterocycles. The maximum Gasteiger partial charge on any atom is 0.342 e. The van der Waals surface area contributed by atoms with Crippen LogP contribution in [0.15, 0.2) is 42.9 Å². The molecule has 0 fully saturated rings.